The molecule has 5 nitrogen and oxygen atoms in total. The number of fused-ring (bicyclic) bond motifs is 1. The van der Waals surface area contributed by atoms with Gasteiger partial charge in [-0.25, -0.2) is 0 Å². The van der Waals surface area contributed by atoms with Crippen LogP contribution in [0.25, 0.3) is 10.9 Å². The summed E-state index contributed by atoms with van der Waals surface area (Å²) in [5.74, 6) is 2.04. The highest BCUT2D eigenvalue weighted by Gasteiger charge is 2.19. The zero-order valence-corrected chi connectivity index (χ0v) is 13.2. The third-order valence-electron chi connectivity index (χ3n) is 3.60. The molecule has 1 heterocycles. The molecular formula is C16H24N2O3. The van der Waals surface area contributed by atoms with Gasteiger partial charge in [0, 0.05) is 17.6 Å². The minimum absolute atomic E-state index is 0.639. The van der Waals surface area contributed by atoms with Gasteiger partial charge in [-0.2, -0.15) is 0 Å². The number of hydrogen-bond donors (Lipinski definition) is 2. The molecule has 2 aromatic rings. The Labute approximate surface area is 125 Å². The van der Waals surface area contributed by atoms with E-state index < -0.39 is 0 Å². The second-order valence-corrected chi connectivity index (χ2v) is 4.84. The summed E-state index contributed by atoms with van der Waals surface area (Å²) in [6.45, 7) is 4.13. The van der Waals surface area contributed by atoms with E-state index in [9.17, 15) is 0 Å². The van der Waals surface area contributed by atoms with Crippen molar-refractivity contribution < 1.29 is 14.2 Å². The molecule has 21 heavy (non-hydrogen) atoms. The largest absolute Gasteiger partial charge is 0.493 e. The molecule has 0 saturated heterocycles. The highest BCUT2D eigenvalue weighted by molar-refractivity contribution is 5.94. The maximum atomic E-state index is 5.58. The van der Waals surface area contributed by atoms with Crippen LogP contribution < -0.4 is 19.5 Å². The van der Waals surface area contributed by atoms with Crippen molar-refractivity contribution in [2.24, 2.45) is 0 Å². The first kappa shape index (κ1) is 15.5. The SMILES string of the molecule is CCNCCCc1c[nH]c2cc(OC)c(OC)c(OC)c12. The number of aryl methyl sites for hydroxylation is 1. The number of rotatable bonds is 8. The molecular weight excluding hydrogens is 268 g/mol. The number of methoxy groups -OCH3 is 3. The van der Waals surface area contributed by atoms with Gasteiger partial charge in [0.1, 0.15) is 0 Å². The second kappa shape index (κ2) is 7.22. The minimum Gasteiger partial charge on any atom is -0.493 e. The van der Waals surface area contributed by atoms with Crippen molar-refractivity contribution in [2.75, 3.05) is 34.4 Å². The van der Waals surface area contributed by atoms with Crippen LogP contribution >= 0.6 is 0 Å². The van der Waals surface area contributed by atoms with Crippen molar-refractivity contribution in [3.8, 4) is 17.2 Å². The predicted octanol–water partition coefficient (Wildman–Crippen LogP) is 2.74. The number of aromatic amines is 1. The molecule has 0 unspecified atom stereocenters. The van der Waals surface area contributed by atoms with Gasteiger partial charge in [0.25, 0.3) is 0 Å². The Morgan fingerprint density at radius 1 is 1.10 bits per heavy atom. The fourth-order valence-corrected chi connectivity index (χ4v) is 2.60. The second-order valence-electron chi connectivity index (χ2n) is 4.84. The first-order chi connectivity index (χ1) is 10.3. The van der Waals surface area contributed by atoms with E-state index in [0.717, 1.165) is 42.6 Å². The van der Waals surface area contributed by atoms with Gasteiger partial charge >= 0.3 is 0 Å². The molecule has 116 valence electrons. The summed E-state index contributed by atoms with van der Waals surface area (Å²) in [6, 6.07) is 1.95. The molecule has 1 aromatic carbocycles. The lowest BCUT2D eigenvalue weighted by atomic mass is 10.1. The molecule has 0 aliphatic rings. The van der Waals surface area contributed by atoms with Crippen molar-refractivity contribution in [1.29, 1.82) is 0 Å². The van der Waals surface area contributed by atoms with Gasteiger partial charge in [0.15, 0.2) is 11.5 Å². The molecule has 0 bridgehead atoms. The summed E-state index contributed by atoms with van der Waals surface area (Å²) in [5, 5.41) is 4.42. The highest BCUT2D eigenvalue weighted by Crippen LogP contribution is 2.44. The predicted molar refractivity (Wildman–Crippen MR) is 84.8 cm³/mol. The third-order valence-corrected chi connectivity index (χ3v) is 3.60. The van der Waals surface area contributed by atoms with E-state index in [1.807, 2.05) is 12.3 Å². The Bertz CT molecular complexity index is 593. The zero-order chi connectivity index (χ0) is 15.2. The van der Waals surface area contributed by atoms with Crippen LogP contribution in [0.1, 0.15) is 18.9 Å². The Hall–Kier alpha value is -1.88. The number of benzene rings is 1. The van der Waals surface area contributed by atoms with Gasteiger partial charge in [-0.15, -0.1) is 0 Å². The maximum Gasteiger partial charge on any atom is 0.204 e. The van der Waals surface area contributed by atoms with E-state index >= 15 is 0 Å². The number of nitrogens with one attached hydrogen (secondary N) is 2. The van der Waals surface area contributed by atoms with E-state index in [2.05, 4.69) is 17.2 Å². The summed E-state index contributed by atoms with van der Waals surface area (Å²) in [4.78, 5) is 3.29. The molecule has 2 N–H and O–H groups in total. The molecule has 0 atom stereocenters. The Kier molecular flexibility index (Phi) is 5.33. The van der Waals surface area contributed by atoms with Gasteiger partial charge in [-0.1, -0.05) is 6.92 Å². The molecule has 0 spiro atoms. The Balaban J connectivity index is 2.40. The molecule has 0 aliphatic heterocycles. The Morgan fingerprint density at radius 3 is 2.48 bits per heavy atom. The Morgan fingerprint density at radius 2 is 1.86 bits per heavy atom. The van der Waals surface area contributed by atoms with Gasteiger partial charge in [-0.05, 0) is 31.5 Å². The van der Waals surface area contributed by atoms with Crippen LogP contribution in [0.2, 0.25) is 0 Å². The monoisotopic (exact) mass is 292 g/mol. The minimum atomic E-state index is 0.639. The number of aromatic nitrogens is 1. The van der Waals surface area contributed by atoms with Crippen LogP contribution in [-0.2, 0) is 6.42 Å². The van der Waals surface area contributed by atoms with E-state index in [-0.39, 0.29) is 0 Å². The fourth-order valence-electron chi connectivity index (χ4n) is 2.60. The first-order valence-electron chi connectivity index (χ1n) is 7.26. The quantitative estimate of drug-likeness (QED) is 0.735. The van der Waals surface area contributed by atoms with Gasteiger partial charge < -0.3 is 24.5 Å². The van der Waals surface area contributed by atoms with Crippen LogP contribution in [0.3, 0.4) is 0 Å². The molecule has 0 amide bonds. The van der Waals surface area contributed by atoms with E-state index in [4.69, 9.17) is 14.2 Å². The average molecular weight is 292 g/mol. The van der Waals surface area contributed by atoms with Gasteiger partial charge in [-0.3, -0.25) is 0 Å². The summed E-state index contributed by atoms with van der Waals surface area (Å²) in [7, 11) is 4.92. The first-order valence-corrected chi connectivity index (χ1v) is 7.26. The summed E-state index contributed by atoms with van der Waals surface area (Å²) in [6.07, 6.45) is 4.11. The third kappa shape index (κ3) is 3.08. The van der Waals surface area contributed by atoms with Crippen LogP contribution in [-0.4, -0.2) is 39.4 Å². The molecule has 2 rings (SSSR count). The maximum absolute atomic E-state index is 5.58. The summed E-state index contributed by atoms with van der Waals surface area (Å²) >= 11 is 0. The van der Waals surface area contributed by atoms with E-state index in [0.29, 0.717) is 11.5 Å². The van der Waals surface area contributed by atoms with Crippen molar-refractivity contribution in [3.05, 3.63) is 17.8 Å². The van der Waals surface area contributed by atoms with Gasteiger partial charge in [0.2, 0.25) is 5.75 Å². The summed E-state index contributed by atoms with van der Waals surface area (Å²) < 4.78 is 16.4. The summed E-state index contributed by atoms with van der Waals surface area (Å²) in [5.41, 5.74) is 2.24. The molecule has 5 heteroatoms. The van der Waals surface area contributed by atoms with Crippen molar-refractivity contribution in [1.82, 2.24) is 10.3 Å². The van der Waals surface area contributed by atoms with Crippen LogP contribution in [0.15, 0.2) is 12.3 Å². The standard InChI is InChI=1S/C16H24N2O3/c1-5-17-8-6-7-11-10-18-12-9-13(19-2)15(20-3)16(21-4)14(11)12/h9-10,17-18H,5-8H2,1-4H3. The number of hydrogen-bond acceptors (Lipinski definition) is 4. The van der Waals surface area contributed by atoms with Crippen molar-refractivity contribution in [2.45, 2.75) is 19.8 Å². The number of ether oxygens (including phenoxy) is 3. The fraction of sp³-hybridized carbons (Fsp3) is 0.500. The molecule has 0 fully saturated rings. The number of H-pyrrole nitrogens is 1. The van der Waals surface area contributed by atoms with E-state index in [1.54, 1.807) is 21.3 Å². The molecule has 0 aliphatic carbocycles. The topological polar surface area (TPSA) is 55.5 Å². The van der Waals surface area contributed by atoms with Gasteiger partial charge in [0.05, 0.1) is 26.8 Å². The van der Waals surface area contributed by atoms with Crippen molar-refractivity contribution >= 4 is 10.9 Å². The zero-order valence-electron chi connectivity index (χ0n) is 13.2. The van der Waals surface area contributed by atoms with Crippen LogP contribution in [0, 0.1) is 0 Å². The smallest absolute Gasteiger partial charge is 0.204 e. The molecule has 1 aromatic heterocycles. The van der Waals surface area contributed by atoms with Crippen LogP contribution in [0.4, 0.5) is 0 Å². The molecule has 0 saturated carbocycles. The lowest BCUT2D eigenvalue weighted by molar-refractivity contribution is 0.327. The average Bonchev–Trinajstić information content (AvgIpc) is 2.92. The lowest BCUT2D eigenvalue weighted by Crippen LogP contribution is -2.14. The van der Waals surface area contributed by atoms with E-state index in [1.165, 1.54) is 5.56 Å². The lowest BCUT2D eigenvalue weighted by Gasteiger charge is -2.14. The van der Waals surface area contributed by atoms with Crippen LogP contribution in [0.5, 0.6) is 17.2 Å². The normalized spacial score (nSPS) is 10.9. The van der Waals surface area contributed by atoms with Crippen molar-refractivity contribution in [3.63, 3.8) is 0 Å². The molecule has 0 radical (unpaired) electrons. The highest BCUT2D eigenvalue weighted by atomic mass is 16.5.